The third-order valence-electron chi connectivity index (χ3n) is 5.41. The number of hydrogen-bond donors (Lipinski definition) is 1. The van der Waals surface area contributed by atoms with Gasteiger partial charge in [0.05, 0.1) is 22.1 Å². The van der Waals surface area contributed by atoms with Crippen molar-refractivity contribution >= 4 is 27.3 Å². The number of halogens is 1. The van der Waals surface area contributed by atoms with E-state index in [1.54, 1.807) is 6.92 Å². The van der Waals surface area contributed by atoms with Gasteiger partial charge in [-0.05, 0) is 49.6 Å². The number of nitrogens with zero attached hydrogens (tertiary/aromatic N) is 2. The van der Waals surface area contributed by atoms with Crippen molar-refractivity contribution in [1.82, 2.24) is 4.31 Å². The lowest BCUT2D eigenvalue weighted by Crippen LogP contribution is -2.45. The number of amides is 1. The normalized spacial score (nSPS) is 15.1. The molecule has 1 fully saturated rings. The molecule has 0 bridgehead atoms. The van der Waals surface area contributed by atoms with Crippen LogP contribution in [-0.4, -0.2) is 36.1 Å². The second-order valence-electron chi connectivity index (χ2n) is 7.60. The monoisotopic (exact) mass is 449 g/mol. The van der Waals surface area contributed by atoms with Crippen LogP contribution in [0.15, 0.2) is 47.4 Å². The van der Waals surface area contributed by atoms with Crippen molar-refractivity contribution in [3.05, 3.63) is 64.0 Å². The molecule has 3 rings (SSSR count). The number of non-ortho nitro benzene ring substituents is 1. The lowest BCUT2D eigenvalue weighted by Gasteiger charge is -2.33. The smallest absolute Gasteiger partial charge is 0.271 e. The minimum Gasteiger partial charge on any atom is -0.324 e. The maximum absolute atomic E-state index is 13.3. The number of nitrogens with one attached hydrogen (secondary N) is 1. The molecule has 1 N–H and O–H groups in total. The van der Waals surface area contributed by atoms with E-state index in [1.165, 1.54) is 34.6 Å². The topological polar surface area (TPSA) is 110 Å². The van der Waals surface area contributed by atoms with Crippen molar-refractivity contribution in [3.63, 3.8) is 0 Å². The van der Waals surface area contributed by atoms with E-state index < -0.39 is 33.2 Å². The summed E-state index contributed by atoms with van der Waals surface area (Å²) in [6, 6.07) is 8.25. The standard InChI is InChI=1S/C21H24FN3O5S/c1-15-7-10-18(25(27)28)13-20(15)23-21(26)14-24(17-5-3-2-4-6-17)31(29,30)19-11-8-16(22)9-12-19/h7-13,17H,2-6,14H2,1H3,(H,23,26). The predicted octanol–water partition coefficient (Wildman–Crippen LogP) is 4.00. The zero-order chi connectivity index (χ0) is 22.6. The molecule has 1 amide bonds. The molecule has 0 radical (unpaired) electrons. The third kappa shape index (κ3) is 5.45. The number of carbonyl (C=O) groups is 1. The van der Waals surface area contributed by atoms with Gasteiger partial charge in [0.25, 0.3) is 5.69 Å². The van der Waals surface area contributed by atoms with Gasteiger partial charge in [0.1, 0.15) is 5.82 Å². The van der Waals surface area contributed by atoms with Gasteiger partial charge in [0.2, 0.25) is 15.9 Å². The SMILES string of the molecule is Cc1ccc([N+](=O)[O-])cc1NC(=O)CN(C1CCCCC1)S(=O)(=O)c1ccc(F)cc1. The highest BCUT2D eigenvalue weighted by Gasteiger charge is 2.34. The van der Waals surface area contributed by atoms with Gasteiger partial charge in [-0.15, -0.1) is 0 Å². The van der Waals surface area contributed by atoms with E-state index >= 15 is 0 Å². The molecule has 1 aliphatic carbocycles. The van der Waals surface area contributed by atoms with Crippen molar-refractivity contribution in [1.29, 1.82) is 0 Å². The van der Waals surface area contributed by atoms with E-state index in [4.69, 9.17) is 0 Å². The third-order valence-corrected chi connectivity index (χ3v) is 7.32. The Morgan fingerprint density at radius 1 is 1.16 bits per heavy atom. The van der Waals surface area contributed by atoms with Gasteiger partial charge >= 0.3 is 0 Å². The number of nitro benzene ring substituents is 1. The first-order valence-corrected chi connectivity index (χ1v) is 11.4. The lowest BCUT2D eigenvalue weighted by molar-refractivity contribution is -0.384. The van der Waals surface area contributed by atoms with Crippen molar-refractivity contribution in [3.8, 4) is 0 Å². The maximum atomic E-state index is 13.3. The minimum atomic E-state index is -4.04. The Bertz CT molecular complexity index is 1070. The summed E-state index contributed by atoms with van der Waals surface area (Å²) in [5, 5.41) is 13.6. The number of carbonyl (C=O) groups excluding carboxylic acids is 1. The number of benzene rings is 2. The average Bonchev–Trinajstić information content (AvgIpc) is 2.74. The van der Waals surface area contributed by atoms with Gasteiger partial charge in [-0.25, -0.2) is 12.8 Å². The highest BCUT2D eigenvalue weighted by Crippen LogP contribution is 2.28. The Kier molecular flexibility index (Phi) is 7.01. The summed E-state index contributed by atoms with van der Waals surface area (Å²) in [4.78, 5) is 23.2. The van der Waals surface area contributed by atoms with Crippen molar-refractivity contribution < 1.29 is 22.5 Å². The first-order valence-electron chi connectivity index (χ1n) is 10.0. The molecule has 2 aromatic rings. The number of aryl methyl sites for hydroxylation is 1. The molecule has 31 heavy (non-hydrogen) atoms. The van der Waals surface area contributed by atoms with Crippen LogP contribution in [0.2, 0.25) is 0 Å². The number of sulfonamides is 1. The fraction of sp³-hybridized carbons (Fsp3) is 0.381. The van der Waals surface area contributed by atoms with Crippen molar-refractivity contribution in [2.24, 2.45) is 0 Å². The van der Waals surface area contributed by atoms with E-state index in [9.17, 15) is 27.7 Å². The van der Waals surface area contributed by atoms with Gasteiger partial charge < -0.3 is 5.32 Å². The van der Waals surface area contributed by atoms with Crippen LogP contribution in [0.5, 0.6) is 0 Å². The van der Waals surface area contributed by atoms with E-state index in [1.807, 2.05) is 0 Å². The maximum Gasteiger partial charge on any atom is 0.271 e. The molecular formula is C21H24FN3O5S. The first kappa shape index (κ1) is 22.8. The largest absolute Gasteiger partial charge is 0.324 e. The summed E-state index contributed by atoms with van der Waals surface area (Å²) < 4.78 is 41.0. The molecule has 166 valence electrons. The molecule has 10 heteroatoms. The van der Waals surface area contributed by atoms with E-state index in [2.05, 4.69) is 5.32 Å². The molecule has 0 heterocycles. The number of rotatable bonds is 7. The van der Waals surface area contributed by atoms with Crippen molar-refractivity contribution in [2.75, 3.05) is 11.9 Å². The van der Waals surface area contributed by atoms with Crippen LogP contribution in [0.4, 0.5) is 15.8 Å². The fourth-order valence-corrected chi connectivity index (χ4v) is 5.35. The van der Waals surface area contributed by atoms with E-state index in [0.717, 1.165) is 31.4 Å². The quantitative estimate of drug-likeness (QED) is 0.507. The zero-order valence-electron chi connectivity index (χ0n) is 17.1. The zero-order valence-corrected chi connectivity index (χ0v) is 17.9. The van der Waals surface area contributed by atoms with Crippen LogP contribution in [-0.2, 0) is 14.8 Å². The average molecular weight is 450 g/mol. The highest BCUT2D eigenvalue weighted by molar-refractivity contribution is 7.89. The summed E-state index contributed by atoms with van der Waals surface area (Å²) >= 11 is 0. The second kappa shape index (κ2) is 9.52. The summed E-state index contributed by atoms with van der Waals surface area (Å²) in [7, 11) is -4.04. The van der Waals surface area contributed by atoms with Crippen LogP contribution in [0.3, 0.4) is 0 Å². The molecular weight excluding hydrogens is 425 g/mol. The van der Waals surface area contributed by atoms with Gasteiger partial charge in [-0.3, -0.25) is 14.9 Å². The first-order chi connectivity index (χ1) is 14.7. The summed E-state index contributed by atoms with van der Waals surface area (Å²) in [6.45, 7) is 1.25. The van der Waals surface area contributed by atoms with Gasteiger partial charge in [0.15, 0.2) is 0 Å². The molecule has 0 aliphatic heterocycles. The highest BCUT2D eigenvalue weighted by atomic mass is 32.2. The summed E-state index contributed by atoms with van der Waals surface area (Å²) in [5.41, 5.74) is 0.690. The molecule has 0 spiro atoms. The Hall–Kier alpha value is -2.85. The molecule has 1 saturated carbocycles. The molecule has 1 aliphatic rings. The Morgan fingerprint density at radius 2 is 1.81 bits per heavy atom. The van der Waals surface area contributed by atoms with Gasteiger partial charge in [-0.2, -0.15) is 4.31 Å². The van der Waals surface area contributed by atoms with Crippen LogP contribution < -0.4 is 5.32 Å². The van der Waals surface area contributed by atoms with E-state index in [0.29, 0.717) is 18.4 Å². The van der Waals surface area contributed by atoms with Crippen LogP contribution in [0.1, 0.15) is 37.7 Å². The van der Waals surface area contributed by atoms with Crippen LogP contribution >= 0.6 is 0 Å². The lowest BCUT2D eigenvalue weighted by atomic mass is 9.95. The van der Waals surface area contributed by atoms with Gasteiger partial charge in [0, 0.05) is 18.2 Å². The molecule has 0 aromatic heterocycles. The molecule has 8 nitrogen and oxygen atoms in total. The molecule has 0 unspecified atom stereocenters. The summed E-state index contributed by atoms with van der Waals surface area (Å²) in [5.74, 6) is -1.15. The van der Waals surface area contributed by atoms with E-state index in [-0.39, 0.29) is 22.3 Å². The molecule has 0 saturated heterocycles. The second-order valence-corrected chi connectivity index (χ2v) is 9.49. The Morgan fingerprint density at radius 3 is 2.42 bits per heavy atom. The van der Waals surface area contributed by atoms with Crippen molar-refractivity contribution in [2.45, 2.75) is 50.0 Å². The van der Waals surface area contributed by atoms with Crippen LogP contribution in [0.25, 0.3) is 0 Å². The number of hydrogen-bond acceptors (Lipinski definition) is 5. The number of nitro groups is 1. The molecule has 2 aromatic carbocycles. The minimum absolute atomic E-state index is 0.0844. The Labute approximate surface area is 180 Å². The summed E-state index contributed by atoms with van der Waals surface area (Å²) in [6.07, 6.45) is 3.96. The number of anilines is 1. The fourth-order valence-electron chi connectivity index (χ4n) is 3.71. The predicted molar refractivity (Wildman–Crippen MR) is 114 cm³/mol. The Balaban J connectivity index is 1.87. The van der Waals surface area contributed by atoms with Crippen LogP contribution in [0, 0.1) is 22.9 Å². The molecule has 0 atom stereocenters. The van der Waals surface area contributed by atoms with Gasteiger partial charge in [-0.1, -0.05) is 25.3 Å².